The topological polar surface area (TPSA) is 58.2 Å². The normalized spacial score (nSPS) is 31.7. The molecule has 0 aromatic heterocycles. The summed E-state index contributed by atoms with van der Waals surface area (Å²) in [4.78, 5) is 25.6. The number of carbonyl (C=O) groups is 2. The van der Waals surface area contributed by atoms with Crippen molar-refractivity contribution in [3.63, 3.8) is 0 Å². The van der Waals surface area contributed by atoms with Gasteiger partial charge in [0.05, 0.1) is 0 Å². The van der Waals surface area contributed by atoms with Crippen molar-refractivity contribution in [1.29, 1.82) is 0 Å². The highest BCUT2D eigenvalue weighted by Crippen LogP contribution is 2.55. The minimum Gasteiger partial charge on any atom is -0.349 e. The van der Waals surface area contributed by atoms with Gasteiger partial charge in [-0.05, 0) is 74.3 Å². The number of carbonyl (C=O) groups excluding carboxylic acids is 2. The highest BCUT2D eigenvalue weighted by molar-refractivity contribution is 5.98. The molecule has 0 spiro atoms. The summed E-state index contributed by atoms with van der Waals surface area (Å²) in [6, 6.07) is 2.45. The lowest BCUT2D eigenvalue weighted by atomic mass is 9.53. The highest BCUT2D eigenvalue weighted by atomic mass is 19.1. The quantitative estimate of drug-likeness (QED) is 0.803. The van der Waals surface area contributed by atoms with Crippen LogP contribution in [0.15, 0.2) is 18.2 Å². The summed E-state index contributed by atoms with van der Waals surface area (Å²) >= 11 is 0. The van der Waals surface area contributed by atoms with E-state index in [1.54, 1.807) is 0 Å². The van der Waals surface area contributed by atoms with Gasteiger partial charge in [0.25, 0.3) is 5.91 Å². The zero-order valence-electron chi connectivity index (χ0n) is 16.4. The van der Waals surface area contributed by atoms with E-state index in [2.05, 4.69) is 10.6 Å². The lowest BCUT2D eigenvalue weighted by Gasteiger charge is -2.57. The molecular formula is C22H28F2N2O2. The molecule has 28 heavy (non-hydrogen) atoms. The zero-order valence-corrected chi connectivity index (χ0v) is 16.4. The molecule has 2 N–H and O–H groups in total. The molecule has 0 saturated heterocycles. The Labute approximate surface area is 164 Å². The Hall–Kier alpha value is -1.98. The molecule has 4 aliphatic rings. The van der Waals surface area contributed by atoms with Gasteiger partial charge in [-0.2, -0.15) is 0 Å². The van der Waals surface area contributed by atoms with Crippen LogP contribution < -0.4 is 10.6 Å². The van der Waals surface area contributed by atoms with Crippen LogP contribution >= 0.6 is 0 Å². The number of hydrogen-bond donors (Lipinski definition) is 2. The summed E-state index contributed by atoms with van der Waals surface area (Å²) in [5.74, 6) is -1.14. The van der Waals surface area contributed by atoms with Gasteiger partial charge in [0.1, 0.15) is 23.2 Å². The maximum absolute atomic E-state index is 13.9. The molecule has 4 bridgehead atoms. The van der Waals surface area contributed by atoms with Crippen LogP contribution in [0.4, 0.5) is 8.78 Å². The Morgan fingerprint density at radius 1 is 1.00 bits per heavy atom. The van der Waals surface area contributed by atoms with E-state index in [1.165, 1.54) is 25.3 Å². The number of nitrogens with one attached hydrogen (secondary N) is 2. The first kappa shape index (κ1) is 19.3. The van der Waals surface area contributed by atoms with Crippen molar-refractivity contribution in [2.24, 2.45) is 23.7 Å². The largest absolute Gasteiger partial charge is 0.349 e. The van der Waals surface area contributed by atoms with Crippen molar-refractivity contribution in [3.8, 4) is 0 Å². The molecule has 1 aromatic rings. The van der Waals surface area contributed by atoms with Gasteiger partial charge in [-0.15, -0.1) is 0 Å². The van der Waals surface area contributed by atoms with Crippen LogP contribution in [0.2, 0.25) is 0 Å². The molecule has 4 fully saturated rings. The molecule has 5 rings (SSSR count). The number of halogens is 2. The lowest BCUT2D eigenvalue weighted by Crippen LogP contribution is -2.63. The monoisotopic (exact) mass is 390 g/mol. The highest BCUT2D eigenvalue weighted by Gasteiger charge is 2.52. The minimum atomic E-state index is -0.929. The average molecular weight is 390 g/mol. The predicted molar refractivity (Wildman–Crippen MR) is 101 cm³/mol. The second-order valence-corrected chi connectivity index (χ2v) is 9.48. The Bertz CT molecular complexity index is 737. The van der Waals surface area contributed by atoms with E-state index in [4.69, 9.17) is 0 Å². The molecular weight excluding hydrogens is 362 g/mol. The van der Waals surface area contributed by atoms with Crippen molar-refractivity contribution in [1.82, 2.24) is 10.6 Å². The van der Waals surface area contributed by atoms with Gasteiger partial charge in [-0.3, -0.25) is 9.59 Å². The van der Waals surface area contributed by atoms with E-state index >= 15 is 0 Å². The first-order valence-corrected chi connectivity index (χ1v) is 10.3. The third kappa shape index (κ3) is 3.53. The number of amides is 2. The molecule has 4 aliphatic carbocycles. The van der Waals surface area contributed by atoms with Crippen molar-refractivity contribution < 1.29 is 18.4 Å². The molecule has 4 nitrogen and oxygen atoms in total. The van der Waals surface area contributed by atoms with Crippen LogP contribution in [0.3, 0.4) is 0 Å². The molecule has 0 unspecified atom stereocenters. The second-order valence-electron chi connectivity index (χ2n) is 9.48. The van der Waals surface area contributed by atoms with Crippen molar-refractivity contribution in [2.45, 2.75) is 64.0 Å². The summed E-state index contributed by atoms with van der Waals surface area (Å²) < 4.78 is 27.9. The number of benzene rings is 1. The van der Waals surface area contributed by atoms with Gasteiger partial charge in [0, 0.05) is 5.54 Å². The van der Waals surface area contributed by atoms with E-state index in [0.717, 1.165) is 31.4 Å². The standard InChI is InChI=1S/C22H28F2N2O2/c1-12(2)19(25-20(27)18-16(23)4-3-5-17(18)24)21(28)26-22-9-13-6-14(10-22)8-15(7-13)11-22/h3-5,12-15,19H,6-11H2,1-2H3,(H,25,27)(H,26,28)/t13?,14?,15?,19-,22?/m0/s1. The Kier molecular flexibility index (Phi) is 4.92. The molecule has 152 valence electrons. The Balaban J connectivity index is 1.49. The lowest BCUT2D eigenvalue weighted by molar-refractivity contribution is -0.129. The third-order valence-electron chi connectivity index (χ3n) is 6.85. The molecule has 1 atom stereocenters. The Morgan fingerprint density at radius 3 is 1.96 bits per heavy atom. The number of rotatable bonds is 5. The fourth-order valence-corrected chi connectivity index (χ4v) is 6.07. The smallest absolute Gasteiger partial charge is 0.257 e. The van der Waals surface area contributed by atoms with Gasteiger partial charge < -0.3 is 10.6 Å². The van der Waals surface area contributed by atoms with Crippen LogP contribution in [0.1, 0.15) is 62.7 Å². The van der Waals surface area contributed by atoms with Crippen LogP contribution in [-0.2, 0) is 4.79 Å². The van der Waals surface area contributed by atoms with Gasteiger partial charge in [-0.1, -0.05) is 19.9 Å². The van der Waals surface area contributed by atoms with Crippen molar-refractivity contribution >= 4 is 11.8 Å². The van der Waals surface area contributed by atoms with Crippen LogP contribution in [0.5, 0.6) is 0 Å². The Morgan fingerprint density at radius 2 is 1.50 bits per heavy atom. The maximum Gasteiger partial charge on any atom is 0.257 e. The predicted octanol–water partition coefficient (Wildman–Crippen LogP) is 3.80. The molecule has 4 saturated carbocycles. The molecule has 1 aromatic carbocycles. The summed E-state index contributed by atoms with van der Waals surface area (Å²) in [5.41, 5.74) is -0.816. The first-order chi connectivity index (χ1) is 13.3. The fraction of sp³-hybridized carbons (Fsp3) is 0.636. The van der Waals surface area contributed by atoms with Crippen molar-refractivity contribution in [3.05, 3.63) is 35.4 Å². The fourth-order valence-electron chi connectivity index (χ4n) is 6.07. The maximum atomic E-state index is 13.9. The van der Waals surface area contributed by atoms with Crippen molar-refractivity contribution in [2.75, 3.05) is 0 Å². The SMILES string of the molecule is CC(C)[C@H](NC(=O)c1c(F)cccc1F)C(=O)NC12CC3CC(CC(C3)C1)C2. The third-order valence-corrected chi connectivity index (χ3v) is 6.85. The minimum absolute atomic E-state index is 0.174. The van der Waals surface area contributed by atoms with Gasteiger partial charge >= 0.3 is 0 Å². The molecule has 0 aliphatic heterocycles. The van der Waals surface area contributed by atoms with Crippen LogP contribution in [0.25, 0.3) is 0 Å². The zero-order chi connectivity index (χ0) is 20.1. The second kappa shape index (κ2) is 7.12. The van der Waals surface area contributed by atoms with Gasteiger partial charge in [-0.25, -0.2) is 8.78 Å². The first-order valence-electron chi connectivity index (χ1n) is 10.3. The molecule has 0 heterocycles. The summed E-state index contributed by atoms with van der Waals surface area (Å²) in [6.07, 6.45) is 6.83. The molecule has 0 radical (unpaired) electrons. The summed E-state index contributed by atoms with van der Waals surface area (Å²) in [6.45, 7) is 3.64. The average Bonchev–Trinajstić information content (AvgIpc) is 2.57. The van der Waals surface area contributed by atoms with E-state index in [0.29, 0.717) is 17.8 Å². The van der Waals surface area contributed by atoms with Crippen LogP contribution in [-0.4, -0.2) is 23.4 Å². The van der Waals surface area contributed by atoms with E-state index in [9.17, 15) is 18.4 Å². The molecule has 2 amide bonds. The molecule has 6 heteroatoms. The van der Waals surface area contributed by atoms with Crippen LogP contribution in [0, 0.1) is 35.3 Å². The van der Waals surface area contributed by atoms with E-state index < -0.39 is 29.1 Å². The van der Waals surface area contributed by atoms with Gasteiger partial charge in [0.15, 0.2) is 0 Å². The number of hydrogen-bond acceptors (Lipinski definition) is 2. The van der Waals surface area contributed by atoms with Gasteiger partial charge in [0.2, 0.25) is 5.91 Å². The summed E-state index contributed by atoms with van der Waals surface area (Å²) in [7, 11) is 0. The van der Waals surface area contributed by atoms with E-state index in [-0.39, 0.29) is 17.4 Å². The van der Waals surface area contributed by atoms with E-state index in [1.807, 2.05) is 13.8 Å². The summed E-state index contributed by atoms with van der Waals surface area (Å²) in [5, 5.41) is 5.82.